The van der Waals surface area contributed by atoms with E-state index in [1.807, 2.05) is 5.38 Å². The number of imide groups is 1. The zero-order valence-electron chi connectivity index (χ0n) is 15.8. The van der Waals surface area contributed by atoms with Crippen molar-refractivity contribution in [1.82, 2.24) is 0 Å². The lowest BCUT2D eigenvalue weighted by Gasteiger charge is -2.15. The summed E-state index contributed by atoms with van der Waals surface area (Å²) in [6, 6.07) is 15.5. The van der Waals surface area contributed by atoms with Crippen LogP contribution in [0.15, 0.2) is 71.7 Å². The lowest BCUT2D eigenvalue weighted by atomic mass is 10.2. The minimum atomic E-state index is -0.527. The highest BCUT2D eigenvalue weighted by Gasteiger charge is 2.40. The summed E-state index contributed by atoms with van der Waals surface area (Å²) < 4.78 is 13.3. The monoisotopic (exact) mass is 421 g/mol. The summed E-state index contributed by atoms with van der Waals surface area (Å²) in [6.45, 7) is 1.41. The molecule has 1 aliphatic heterocycles. The molecule has 0 saturated carbocycles. The Morgan fingerprint density at radius 3 is 2.20 bits per heavy atom. The Bertz CT molecular complexity index is 1150. The Kier molecular flexibility index (Phi) is 5.16. The summed E-state index contributed by atoms with van der Waals surface area (Å²) in [4.78, 5) is 39.2. The number of carbonyl (C=O) groups is 3. The lowest BCUT2D eigenvalue weighted by molar-refractivity contribution is -0.120. The first-order valence-electron chi connectivity index (χ1n) is 9.01. The lowest BCUT2D eigenvalue weighted by Crippen LogP contribution is -2.32. The van der Waals surface area contributed by atoms with E-state index in [0.29, 0.717) is 21.9 Å². The van der Waals surface area contributed by atoms with E-state index in [1.165, 1.54) is 42.5 Å². The standard InChI is InChI=1S/C22H16FN3O3S/c1-13(27)24-15-6-8-16(9-7-15)25-20-19(18-3-2-12-30-18)21(28)26(22(20)29)17-10-4-14(23)5-11-17/h2-12,25H,1H3,(H,24,27). The molecule has 0 bridgehead atoms. The van der Waals surface area contributed by atoms with Crippen LogP contribution in [0.5, 0.6) is 0 Å². The van der Waals surface area contributed by atoms with E-state index in [2.05, 4.69) is 10.6 Å². The molecule has 8 heteroatoms. The molecule has 0 fully saturated rings. The van der Waals surface area contributed by atoms with E-state index in [0.717, 1.165) is 4.90 Å². The zero-order valence-corrected chi connectivity index (χ0v) is 16.6. The molecule has 0 spiro atoms. The molecule has 2 aromatic carbocycles. The average molecular weight is 421 g/mol. The Labute approximate surface area is 175 Å². The number of nitrogens with one attached hydrogen (secondary N) is 2. The second kappa shape index (κ2) is 7.92. The van der Waals surface area contributed by atoms with Gasteiger partial charge in [0.15, 0.2) is 0 Å². The first-order valence-corrected chi connectivity index (χ1v) is 9.89. The fourth-order valence-corrected chi connectivity index (χ4v) is 3.87. The summed E-state index contributed by atoms with van der Waals surface area (Å²) in [5.74, 6) is -1.65. The zero-order chi connectivity index (χ0) is 21.3. The Morgan fingerprint density at radius 2 is 1.60 bits per heavy atom. The number of amides is 3. The quantitative estimate of drug-likeness (QED) is 0.604. The maximum Gasteiger partial charge on any atom is 0.282 e. The smallest absolute Gasteiger partial charge is 0.282 e. The molecule has 3 aromatic rings. The number of carbonyl (C=O) groups excluding carboxylic acids is 3. The van der Waals surface area contributed by atoms with Crippen molar-refractivity contribution in [1.29, 1.82) is 0 Å². The van der Waals surface area contributed by atoms with Crippen molar-refractivity contribution in [2.75, 3.05) is 15.5 Å². The molecule has 30 heavy (non-hydrogen) atoms. The van der Waals surface area contributed by atoms with Gasteiger partial charge < -0.3 is 10.6 Å². The first kappa shape index (κ1) is 19.5. The number of anilines is 3. The van der Waals surface area contributed by atoms with Crippen LogP contribution in [0.3, 0.4) is 0 Å². The maximum absolute atomic E-state index is 13.3. The van der Waals surface area contributed by atoms with E-state index in [4.69, 9.17) is 0 Å². The minimum Gasteiger partial charge on any atom is -0.350 e. The van der Waals surface area contributed by atoms with Gasteiger partial charge in [-0.15, -0.1) is 11.3 Å². The van der Waals surface area contributed by atoms with Crippen LogP contribution >= 0.6 is 11.3 Å². The molecule has 1 aliphatic rings. The van der Waals surface area contributed by atoms with Crippen LogP contribution in [0.25, 0.3) is 5.57 Å². The van der Waals surface area contributed by atoms with Crippen molar-refractivity contribution >= 4 is 51.7 Å². The third kappa shape index (κ3) is 3.72. The molecule has 150 valence electrons. The maximum atomic E-state index is 13.3. The molecular weight excluding hydrogens is 405 g/mol. The van der Waals surface area contributed by atoms with Gasteiger partial charge in [0.25, 0.3) is 11.8 Å². The van der Waals surface area contributed by atoms with Gasteiger partial charge in [0, 0.05) is 23.2 Å². The van der Waals surface area contributed by atoms with Gasteiger partial charge in [-0.05, 0) is 60.0 Å². The number of nitrogens with zero attached hydrogens (tertiary/aromatic N) is 1. The summed E-state index contributed by atoms with van der Waals surface area (Å²) in [7, 11) is 0. The molecule has 1 aromatic heterocycles. The fraction of sp³-hybridized carbons (Fsp3) is 0.0455. The Hall–Kier alpha value is -3.78. The third-order valence-corrected chi connectivity index (χ3v) is 5.30. The first-order chi connectivity index (χ1) is 14.4. The van der Waals surface area contributed by atoms with Crippen LogP contribution in [0.2, 0.25) is 0 Å². The third-order valence-electron chi connectivity index (χ3n) is 4.41. The van der Waals surface area contributed by atoms with Gasteiger partial charge in [-0.3, -0.25) is 14.4 Å². The number of rotatable bonds is 5. The predicted octanol–water partition coefficient (Wildman–Crippen LogP) is 4.24. The molecule has 0 unspecified atom stereocenters. The van der Waals surface area contributed by atoms with Gasteiger partial charge >= 0.3 is 0 Å². The summed E-state index contributed by atoms with van der Waals surface area (Å²) in [6.07, 6.45) is 0. The Morgan fingerprint density at radius 1 is 0.933 bits per heavy atom. The van der Waals surface area contributed by atoms with E-state index in [-0.39, 0.29) is 17.2 Å². The molecule has 4 rings (SSSR count). The number of benzene rings is 2. The van der Waals surface area contributed by atoms with Crippen molar-refractivity contribution in [2.45, 2.75) is 6.92 Å². The Balaban J connectivity index is 1.70. The van der Waals surface area contributed by atoms with E-state index < -0.39 is 17.6 Å². The van der Waals surface area contributed by atoms with Gasteiger partial charge in [-0.1, -0.05) is 6.07 Å². The summed E-state index contributed by atoms with van der Waals surface area (Å²) in [5, 5.41) is 7.53. The molecule has 0 aliphatic carbocycles. The molecule has 0 atom stereocenters. The highest BCUT2D eigenvalue weighted by Crippen LogP contribution is 2.35. The number of halogens is 1. The van der Waals surface area contributed by atoms with Crippen molar-refractivity contribution < 1.29 is 18.8 Å². The normalized spacial score (nSPS) is 13.7. The number of thiophene rings is 1. The molecule has 6 nitrogen and oxygen atoms in total. The van der Waals surface area contributed by atoms with Crippen LogP contribution in [0.4, 0.5) is 21.5 Å². The highest BCUT2D eigenvalue weighted by atomic mass is 32.1. The van der Waals surface area contributed by atoms with Crippen molar-refractivity contribution in [2.24, 2.45) is 0 Å². The van der Waals surface area contributed by atoms with Crippen LogP contribution < -0.4 is 15.5 Å². The fourth-order valence-electron chi connectivity index (χ4n) is 3.10. The average Bonchev–Trinajstić information content (AvgIpc) is 3.31. The molecule has 3 amide bonds. The highest BCUT2D eigenvalue weighted by molar-refractivity contribution is 7.11. The van der Waals surface area contributed by atoms with Crippen LogP contribution in [0.1, 0.15) is 11.8 Å². The van der Waals surface area contributed by atoms with Gasteiger partial charge in [0.1, 0.15) is 11.5 Å². The summed E-state index contributed by atoms with van der Waals surface area (Å²) in [5.41, 5.74) is 1.88. The molecule has 0 saturated heterocycles. The van der Waals surface area contributed by atoms with E-state index in [1.54, 1.807) is 36.4 Å². The van der Waals surface area contributed by atoms with Gasteiger partial charge in [0.2, 0.25) is 5.91 Å². The summed E-state index contributed by atoms with van der Waals surface area (Å²) >= 11 is 1.34. The minimum absolute atomic E-state index is 0.138. The predicted molar refractivity (Wildman–Crippen MR) is 115 cm³/mol. The van der Waals surface area contributed by atoms with Gasteiger partial charge in [-0.25, -0.2) is 9.29 Å². The van der Waals surface area contributed by atoms with Crippen LogP contribution in [0, 0.1) is 5.82 Å². The van der Waals surface area contributed by atoms with Crippen LogP contribution in [-0.4, -0.2) is 17.7 Å². The van der Waals surface area contributed by atoms with E-state index >= 15 is 0 Å². The molecular formula is C22H16FN3O3S. The number of hydrogen-bond acceptors (Lipinski definition) is 5. The van der Waals surface area contributed by atoms with E-state index in [9.17, 15) is 18.8 Å². The second-order valence-corrected chi connectivity index (χ2v) is 7.48. The van der Waals surface area contributed by atoms with Gasteiger partial charge in [0.05, 0.1) is 11.3 Å². The van der Waals surface area contributed by atoms with Crippen LogP contribution in [-0.2, 0) is 14.4 Å². The largest absolute Gasteiger partial charge is 0.350 e. The SMILES string of the molecule is CC(=O)Nc1ccc(NC2=C(c3cccs3)C(=O)N(c3ccc(F)cc3)C2=O)cc1. The van der Waals surface area contributed by atoms with Crippen molar-refractivity contribution in [3.63, 3.8) is 0 Å². The van der Waals surface area contributed by atoms with Crippen molar-refractivity contribution in [3.05, 3.63) is 82.4 Å². The molecule has 2 heterocycles. The number of hydrogen-bond donors (Lipinski definition) is 2. The molecule has 0 radical (unpaired) electrons. The van der Waals surface area contributed by atoms with Gasteiger partial charge in [-0.2, -0.15) is 0 Å². The molecule has 2 N–H and O–H groups in total. The van der Waals surface area contributed by atoms with Crippen molar-refractivity contribution in [3.8, 4) is 0 Å². The topological polar surface area (TPSA) is 78.5 Å². The second-order valence-electron chi connectivity index (χ2n) is 6.53.